The molecule has 0 aliphatic heterocycles. The molecule has 6 heteroatoms. The Morgan fingerprint density at radius 2 is 1.81 bits per heavy atom. The first kappa shape index (κ1) is 21.5. The first-order valence-electron chi connectivity index (χ1n) is 12.0. The predicted molar refractivity (Wildman–Crippen MR) is 124 cm³/mol. The summed E-state index contributed by atoms with van der Waals surface area (Å²) in [6, 6.07) is 8.22. The Hall–Kier alpha value is -2.34. The molecule has 1 aromatic carbocycles. The highest BCUT2D eigenvalue weighted by atomic mass is 16.5. The lowest BCUT2D eigenvalue weighted by Crippen LogP contribution is -2.62. The van der Waals surface area contributed by atoms with Gasteiger partial charge in [-0.2, -0.15) is 5.10 Å². The van der Waals surface area contributed by atoms with E-state index < -0.39 is 0 Å². The van der Waals surface area contributed by atoms with Crippen LogP contribution in [0.3, 0.4) is 0 Å². The third-order valence-corrected chi connectivity index (χ3v) is 7.97. The Kier molecular flexibility index (Phi) is 5.74. The number of hydrogen-bond donors (Lipinski definition) is 0. The highest BCUT2D eigenvalue weighted by Crippen LogP contribution is 2.58. The van der Waals surface area contributed by atoms with E-state index in [0.29, 0.717) is 13.1 Å². The van der Waals surface area contributed by atoms with Crippen LogP contribution in [0.4, 0.5) is 0 Å². The molecule has 6 nitrogen and oxygen atoms in total. The highest BCUT2D eigenvalue weighted by Gasteiger charge is 2.54. The number of methoxy groups -OCH3 is 1. The van der Waals surface area contributed by atoms with Gasteiger partial charge in [0.05, 0.1) is 19.9 Å². The second-order valence-corrected chi connectivity index (χ2v) is 10.7. The molecule has 0 atom stereocenters. The lowest BCUT2D eigenvalue weighted by atomic mass is 9.52. The summed E-state index contributed by atoms with van der Waals surface area (Å²) in [5.41, 5.74) is 2.32. The van der Waals surface area contributed by atoms with Gasteiger partial charge in [-0.05, 0) is 81.0 Å². The minimum Gasteiger partial charge on any atom is -0.497 e. The van der Waals surface area contributed by atoms with Gasteiger partial charge in [0.2, 0.25) is 5.91 Å². The SMILES string of the molecule is COc1cccc(CN(C(=O)CN(C)Cc2cnn(C)c2)C23CC4CC(CC(C4)C2)C3)c1. The van der Waals surface area contributed by atoms with Crippen LogP contribution >= 0.6 is 0 Å². The molecule has 0 N–H and O–H groups in total. The topological polar surface area (TPSA) is 50.6 Å². The van der Waals surface area contributed by atoms with E-state index in [1.807, 2.05) is 43.3 Å². The number of rotatable bonds is 8. The first-order chi connectivity index (χ1) is 15.4. The standard InChI is InChI=1S/C26H36N4O2/c1-28(15-23-14-27-29(2)16-23)18-25(31)30(17-19-5-4-6-24(10-19)32-3)26-11-20-7-21(12-26)9-22(8-20)13-26/h4-6,10,14,16,20-22H,7-9,11-13,15,17-18H2,1-3H3. The van der Waals surface area contributed by atoms with Crippen LogP contribution < -0.4 is 4.74 Å². The van der Waals surface area contributed by atoms with Crippen molar-refractivity contribution < 1.29 is 9.53 Å². The molecule has 0 unspecified atom stereocenters. The van der Waals surface area contributed by atoms with E-state index in [1.54, 1.807) is 7.11 Å². The summed E-state index contributed by atoms with van der Waals surface area (Å²) in [6.45, 7) is 1.83. The van der Waals surface area contributed by atoms with Gasteiger partial charge < -0.3 is 9.64 Å². The number of carbonyl (C=O) groups is 1. The van der Waals surface area contributed by atoms with Crippen molar-refractivity contribution in [1.29, 1.82) is 0 Å². The van der Waals surface area contributed by atoms with Crippen LogP contribution in [-0.2, 0) is 24.9 Å². The first-order valence-corrected chi connectivity index (χ1v) is 12.0. The summed E-state index contributed by atoms with van der Waals surface area (Å²) in [7, 11) is 5.67. The molecule has 4 aliphatic carbocycles. The Morgan fingerprint density at radius 3 is 2.41 bits per heavy atom. The molecule has 4 fully saturated rings. The lowest BCUT2D eigenvalue weighted by molar-refractivity contribution is -0.153. The molecule has 4 bridgehead atoms. The number of likely N-dealkylation sites (N-methyl/N-ethyl adjacent to an activating group) is 1. The summed E-state index contributed by atoms with van der Waals surface area (Å²) in [6.07, 6.45) is 11.6. The number of aryl methyl sites for hydroxylation is 1. The van der Waals surface area contributed by atoms with Gasteiger partial charge in [-0.1, -0.05) is 12.1 Å². The molecular formula is C26H36N4O2. The molecule has 1 amide bonds. The quantitative estimate of drug-likeness (QED) is 0.631. The Labute approximate surface area is 191 Å². The lowest BCUT2D eigenvalue weighted by Gasteiger charge is -2.60. The van der Waals surface area contributed by atoms with Crippen LogP contribution in [0.5, 0.6) is 5.75 Å². The van der Waals surface area contributed by atoms with Crippen molar-refractivity contribution in [1.82, 2.24) is 19.6 Å². The molecule has 0 radical (unpaired) electrons. The second kappa shape index (κ2) is 8.54. The maximum atomic E-state index is 13.9. The van der Waals surface area contributed by atoms with Crippen molar-refractivity contribution in [3.8, 4) is 5.75 Å². The van der Waals surface area contributed by atoms with Crippen LogP contribution in [0.2, 0.25) is 0 Å². The monoisotopic (exact) mass is 436 g/mol. The summed E-state index contributed by atoms with van der Waals surface area (Å²) in [5, 5.41) is 4.27. The van der Waals surface area contributed by atoms with Crippen molar-refractivity contribution in [2.75, 3.05) is 20.7 Å². The van der Waals surface area contributed by atoms with E-state index >= 15 is 0 Å². The average Bonchev–Trinajstić information content (AvgIpc) is 3.15. The van der Waals surface area contributed by atoms with Gasteiger partial charge in [-0.15, -0.1) is 0 Å². The van der Waals surface area contributed by atoms with Gasteiger partial charge in [0.15, 0.2) is 0 Å². The van der Waals surface area contributed by atoms with Crippen LogP contribution in [0.25, 0.3) is 0 Å². The molecular weight excluding hydrogens is 400 g/mol. The minimum atomic E-state index is 0.0318. The average molecular weight is 437 g/mol. The fourth-order valence-corrected chi connectivity index (χ4v) is 7.11. The van der Waals surface area contributed by atoms with Gasteiger partial charge in [-0.3, -0.25) is 14.4 Å². The van der Waals surface area contributed by atoms with Crippen molar-refractivity contribution in [2.45, 2.75) is 57.2 Å². The summed E-state index contributed by atoms with van der Waals surface area (Å²) < 4.78 is 7.27. The minimum absolute atomic E-state index is 0.0318. The fraction of sp³-hybridized carbons (Fsp3) is 0.615. The number of nitrogens with zero attached hydrogens (tertiary/aromatic N) is 4. The van der Waals surface area contributed by atoms with Crippen LogP contribution in [-0.4, -0.2) is 51.7 Å². The molecule has 172 valence electrons. The smallest absolute Gasteiger partial charge is 0.237 e. The molecule has 4 saturated carbocycles. The molecule has 0 saturated heterocycles. The third-order valence-electron chi connectivity index (χ3n) is 7.97. The maximum Gasteiger partial charge on any atom is 0.237 e. The summed E-state index contributed by atoms with van der Waals surface area (Å²) in [4.78, 5) is 18.2. The number of benzene rings is 1. The van der Waals surface area contributed by atoms with E-state index in [-0.39, 0.29) is 11.4 Å². The van der Waals surface area contributed by atoms with Gasteiger partial charge in [0, 0.05) is 37.4 Å². The maximum absolute atomic E-state index is 13.9. The van der Waals surface area contributed by atoms with Gasteiger partial charge in [-0.25, -0.2) is 0 Å². The molecule has 2 aromatic rings. The Bertz CT molecular complexity index is 933. The van der Waals surface area contributed by atoms with E-state index in [1.165, 1.54) is 38.5 Å². The molecule has 1 heterocycles. The number of amides is 1. The Balaban J connectivity index is 1.38. The Morgan fingerprint density at radius 1 is 1.12 bits per heavy atom. The van der Waals surface area contributed by atoms with E-state index in [4.69, 9.17) is 4.74 Å². The zero-order valence-corrected chi connectivity index (χ0v) is 19.7. The number of ether oxygens (including phenoxy) is 1. The van der Waals surface area contributed by atoms with Crippen molar-refractivity contribution in [3.63, 3.8) is 0 Å². The van der Waals surface area contributed by atoms with Crippen molar-refractivity contribution >= 4 is 5.91 Å². The normalized spacial score (nSPS) is 28.3. The van der Waals surface area contributed by atoms with E-state index in [2.05, 4.69) is 27.0 Å². The van der Waals surface area contributed by atoms with Crippen LogP contribution in [0.15, 0.2) is 36.7 Å². The molecule has 1 aromatic heterocycles. The summed E-state index contributed by atoms with van der Waals surface area (Å²) in [5.74, 6) is 3.51. The highest BCUT2D eigenvalue weighted by molar-refractivity contribution is 5.79. The number of carbonyl (C=O) groups excluding carboxylic acids is 1. The van der Waals surface area contributed by atoms with Gasteiger partial charge in [0.25, 0.3) is 0 Å². The molecule has 0 spiro atoms. The molecule has 32 heavy (non-hydrogen) atoms. The van der Waals surface area contributed by atoms with E-state index in [9.17, 15) is 4.79 Å². The van der Waals surface area contributed by atoms with Crippen molar-refractivity contribution in [2.24, 2.45) is 24.8 Å². The summed E-state index contributed by atoms with van der Waals surface area (Å²) >= 11 is 0. The van der Waals surface area contributed by atoms with Gasteiger partial charge >= 0.3 is 0 Å². The fourth-order valence-electron chi connectivity index (χ4n) is 7.11. The van der Waals surface area contributed by atoms with E-state index in [0.717, 1.165) is 41.2 Å². The molecule has 4 aliphatic rings. The zero-order chi connectivity index (χ0) is 22.3. The number of aromatic nitrogens is 2. The number of hydrogen-bond acceptors (Lipinski definition) is 4. The van der Waals surface area contributed by atoms with Gasteiger partial charge in [0.1, 0.15) is 5.75 Å². The molecule has 6 rings (SSSR count). The second-order valence-electron chi connectivity index (χ2n) is 10.7. The predicted octanol–water partition coefficient (Wildman–Crippen LogP) is 3.86. The largest absolute Gasteiger partial charge is 0.497 e. The van der Waals surface area contributed by atoms with Crippen molar-refractivity contribution in [3.05, 3.63) is 47.8 Å². The zero-order valence-electron chi connectivity index (χ0n) is 19.7. The third kappa shape index (κ3) is 4.29. The van der Waals surface area contributed by atoms with Crippen LogP contribution in [0.1, 0.15) is 49.7 Å². The van der Waals surface area contributed by atoms with Crippen LogP contribution in [0, 0.1) is 17.8 Å².